The molecule has 0 aliphatic carbocycles. The first-order valence-electron chi connectivity index (χ1n) is 9.35. The predicted molar refractivity (Wildman–Crippen MR) is 111 cm³/mol. The van der Waals surface area contributed by atoms with Crippen LogP contribution in [0.25, 0.3) is 17.0 Å². The van der Waals surface area contributed by atoms with Gasteiger partial charge in [-0.25, -0.2) is 0 Å². The summed E-state index contributed by atoms with van der Waals surface area (Å²) in [4.78, 5) is 39.4. The van der Waals surface area contributed by atoms with Crippen LogP contribution in [-0.4, -0.2) is 35.3 Å². The van der Waals surface area contributed by atoms with Gasteiger partial charge >= 0.3 is 5.97 Å². The van der Waals surface area contributed by atoms with Crippen molar-refractivity contribution in [1.82, 2.24) is 10.3 Å². The Kier molecular flexibility index (Phi) is 6.58. The Morgan fingerprint density at radius 1 is 1.07 bits per heavy atom. The zero-order chi connectivity index (χ0) is 20.6. The number of benzene rings is 2. The third-order valence-corrected chi connectivity index (χ3v) is 4.39. The second-order valence-electron chi connectivity index (χ2n) is 6.53. The zero-order valence-electron chi connectivity index (χ0n) is 16.1. The van der Waals surface area contributed by atoms with E-state index in [9.17, 15) is 14.4 Å². The van der Waals surface area contributed by atoms with E-state index in [2.05, 4.69) is 10.3 Å². The van der Waals surface area contributed by atoms with E-state index in [1.807, 2.05) is 54.6 Å². The number of H-pyrrole nitrogens is 1. The van der Waals surface area contributed by atoms with Crippen molar-refractivity contribution in [3.63, 3.8) is 0 Å². The fraction of sp³-hybridized carbons (Fsp3) is 0.174. The number of Topliss-reactive ketones (excluding diaryl/α,β-unsaturated/α-hetero) is 1. The topological polar surface area (TPSA) is 88.3 Å². The van der Waals surface area contributed by atoms with Gasteiger partial charge in [0.1, 0.15) is 0 Å². The highest BCUT2D eigenvalue weighted by Crippen LogP contribution is 2.20. The second kappa shape index (κ2) is 9.50. The molecule has 0 aliphatic rings. The number of carbonyl (C=O) groups is 3. The van der Waals surface area contributed by atoms with Crippen molar-refractivity contribution >= 4 is 34.6 Å². The number of para-hydroxylation sites is 1. The Balaban J connectivity index is 1.44. The number of fused-ring (bicyclic) bond motifs is 1. The summed E-state index contributed by atoms with van der Waals surface area (Å²) in [7, 11) is 0. The molecular formula is C23H22N2O4. The predicted octanol–water partition coefficient (Wildman–Crippen LogP) is 3.50. The lowest BCUT2D eigenvalue weighted by molar-refractivity contribution is -0.146. The minimum Gasteiger partial charge on any atom is -0.454 e. The number of ketones is 1. The molecule has 1 amide bonds. The maximum atomic E-state index is 12.6. The summed E-state index contributed by atoms with van der Waals surface area (Å²) < 4.78 is 5.22. The molecule has 1 aromatic heterocycles. The molecule has 6 heteroatoms. The van der Waals surface area contributed by atoms with E-state index in [1.54, 1.807) is 19.2 Å². The van der Waals surface area contributed by atoms with Gasteiger partial charge in [-0.15, -0.1) is 0 Å². The number of esters is 1. The van der Waals surface area contributed by atoms with E-state index in [1.165, 1.54) is 6.08 Å². The first kappa shape index (κ1) is 20.1. The van der Waals surface area contributed by atoms with Crippen LogP contribution in [-0.2, 0) is 14.3 Å². The molecule has 1 atom stereocenters. The van der Waals surface area contributed by atoms with Crippen molar-refractivity contribution in [1.29, 1.82) is 0 Å². The summed E-state index contributed by atoms with van der Waals surface area (Å²) in [5.74, 6) is -1.12. The molecule has 1 heterocycles. The third-order valence-electron chi connectivity index (χ3n) is 4.39. The zero-order valence-corrected chi connectivity index (χ0v) is 16.1. The second-order valence-corrected chi connectivity index (χ2v) is 6.53. The van der Waals surface area contributed by atoms with E-state index in [0.717, 1.165) is 16.5 Å². The molecule has 0 saturated carbocycles. The number of rotatable bonds is 8. The van der Waals surface area contributed by atoms with Crippen LogP contribution >= 0.6 is 0 Å². The summed E-state index contributed by atoms with van der Waals surface area (Å²) in [6.45, 7) is 1.67. The fourth-order valence-electron chi connectivity index (χ4n) is 2.89. The molecule has 0 saturated heterocycles. The van der Waals surface area contributed by atoms with E-state index in [-0.39, 0.29) is 24.7 Å². The maximum Gasteiger partial charge on any atom is 0.308 e. The molecule has 2 aromatic carbocycles. The van der Waals surface area contributed by atoms with Gasteiger partial charge in [0.15, 0.2) is 6.10 Å². The minimum absolute atomic E-state index is 0.0174. The Morgan fingerprint density at radius 3 is 2.59 bits per heavy atom. The van der Waals surface area contributed by atoms with Crippen LogP contribution in [0.3, 0.4) is 0 Å². The van der Waals surface area contributed by atoms with Gasteiger partial charge in [-0.05, 0) is 24.6 Å². The molecular weight excluding hydrogens is 368 g/mol. The van der Waals surface area contributed by atoms with Crippen LogP contribution < -0.4 is 5.32 Å². The largest absolute Gasteiger partial charge is 0.454 e. The average Bonchev–Trinajstić information content (AvgIpc) is 3.16. The lowest BCUT2D eigenvalue weighted by Crippen LogP contribution is -2.28. The van der Waals surface area contributed by atoms with Crippen LogP contribution in [0.15, 0.2) is 66.9 Å². The van der Waals surface area contributed by atoms with Crippen LogP contribution in [0.2, 0.25) is 0 Å². The van der Waals surface area contributed by atoms with Gasteiger partial charge in [-0.1, -0.05) is 48.5 Å². The molecule has 0 unspecified atom stereocenters. The lowest BCUT2D eigenvalue weighted by Gasteiger charge is -2.12. The Bertz CT molecular complexity index is 1040. The highest BCUT2D eigenvalue weighted by Gasteiger charge is 2.22. The number of aromatic amines is 1. The molecule has 0 radical (unpaired) electrons. The summed E-state index contributed by atoms with van der Waals surface area (Å²) >= 11 is 0. The molecule has 2 N–H and O–H groups in total. The molecule has 0 spiro atoms. The molecule has 29 heavy (non-hydrogen) atoms. The molecule has 0 aliphatic heterocycles. The number of amides is 1. The van der Waals surface area contributed by atoms with Gasteiger partial charge in [0.25, 0.3) is 0 Å². The number of hydrogen-bond donors (Lipinski definition) is 2. The molecule has 0 bridgehead atoms. The number of carbonyl (C=O) groups excluding carboxylic acids is 3. The molecule has 3 rings (SSSR count). The van der Waals surface area contributed by atoms with Crippen molar-refractivity contribution < 1.29 is 19.1 Å². The van der Waals surface area contributed by atoms with Gasteiger partial charge in [-0.2, -0.15) is 0 Å². The number of ether oxygens (including phenoxy) is 1. The number of aromatic nitrogens is 1. The highest BCUT2D eigenvalue weighted by molar-refractivity contribution is 6.10. The van der Waals surface area contributed by atoms with Gasteiger partial charge in [0, 0.05) is 35.3 Å². The lowest BCUT2D eigenvalue weighted by atomic mass is 10.1. The SMILES string of the molecule is C[C@H](OC(=O)CCNC(=O)/C=C/c1ccccc1)C(=O)c1c[nH]c2ccccc12. The minimum atomic E-state index is -0.907. The highest BCUT2D eigenvalue weighted by atomic mass is 16.5. The van der Waals surface area contributed by atoms with E-state index in [4.69, 9.17) is 4.74 Å². The van der Waals surface area contributed by atoms with E-state index >= 15 is 0 Å². The van der Waals surface area contributed by atoms with Crippen molar-refractivity contribution in [3.8, 4) is 0 Å². The van der Waals surface area contributed by atoms with E-state index < -0.39 is 12.1 Å². The summed E-state index contributed by atoms with van der Waals surface area (Å²) in [6.07, 6.45) is 3.79. The van der Waals surface area contributed by atoms with Crippen LogP contribution in [0.5, 0.6) is 0 Å². The monoisotopic (exact) mass is 390 g/mol. The smallest absolute Gasteiger partial charge is 0.308 e. The van der Waals surface area contributed by atoms with Gasteiger partial charge in [0.05, 0.1) is 6.42 Å². The summed E-state index contributed by atoms with van der Waals surface area (Å²) in [5.41, 5.74) is 2.24. The van der Waals surface area contributed by atoms with Crippen molar-refractivity contribution in [2.45, 2.75) is 19.4 Å². The normalized spacial score (nSPS) is 12.0. The molecule has 0 fully saturated rings. The van der Waals surface area contributed by atoms with Crippen LogP contribution in [0, 0.1) is 0 Å². The average molecular weight is 390 g/mol. The Hall–Kier alpha value is -3.67. The summed E-state index contributed by atoms with van der Waals surface area (Å²) in [5, 5.41) is 3.41. The third kappa shape index (κ3) is 5.42. The van der Waals surface area contributed by atoms with Crippen molar-refractivity contribution in [2.75, 3.05) is 6.54 Å². The molecule has 3 aromatic rings. The maximum absolute atomic E-state index is 12.6. The molecule has 6 nitrogen and oxygen atoms in total. The van der Waals surface area contributed by atoms with Crippen LogP contribution in [0.1, 0.15) is 29.3 Å². The Labute approximate surface area is 168 Å². The first-order valence-corrected chi connectivity index (χ1v) is 9.35. The van der Waals surface area contributed by atoms with Gasteiger partial charge in [-0.3, -0.25) is 14.4 Å². The number of nitrogens with one attached hydrogen (secondary N) is 2. The van der Waals surface area contributed by atoms with E-state index in [0.29, 0.717) is 5.56 Å². The fourth-order valence-corrected chi connectivity index (χ4v) is 2.89. The molecule has 148 valence electrons. The standard InChI is InChI=1S/C23H22N2O4/c1-16(23(28)19-15-25-20-10-6-5-9-18(19)20)29-22(27)13-14-24-21(26)12-11-17-7-3-2-4-8-17/h2-12,15-16,25H,13-14H2,1H3,(H,24,26)/b12-11+/t16-/m0/s1. The quantitative estimate of drug-likeness (QED) is 0.350. The van der Waals surface area contributed by atoms with Crippen molar-refractivity contribution in [3.05, 3.63) is 78.0 Å². The van der Waals surface area contributed by atoms with Gasteiger partial charge in [0.2, 0.25) is 11.7 Å². The van der Waals surface area contributed by atoms with Crippen LogP contribution in [0.4, 0.5) is 0 Å². The Morgan fingerprint density at radius 2 is 1.79 bits per heavy atom. The van der Waals surface area contributed by atoms with Crippen molar-refractivity contribution in [2.24, 2.45) is 0 Å². The summed E-state index contributed by atoms with van der Waals surface area (Å²) in [6, 6.07) is 16.9. The van der Waals surface area contributed by atoms with Gasteiger partial charge < -0.3 is 15.0 Å². The number of hydrogen-bond acceptors (Lipinski definition) is 4. The first-order chi connectivity index (χ1) is 14.0.